The van der Waals surface area contributed by atoms with Crippen LogP contribution in [0.5, 0.6) is 0 Å². The highest BCUT2D eigenvalue weighted by Crippen LogP contribution is 2.14. The number of nitro benzene ring substituents is 1. The minimum Gasteiger partial charge on any atom is -0.396 e. The third kappa shape index (κ3) is 3.54. The Labute approximate surface area is 91.2 Å². The molecule has 7 heteroatoms. The van der Waals surface area contributed by atoms with E-state index in [1.54, 1.807) is 0 Å². The van der Waals surface area contributed by atoms with Gasteiger partial charge in [-0.15, -0.1) is 0 Å². The molecule has 86 valence electrons. The minimum absolute atomic E-state index is 0.0000185. The lowest BCUT2D eigenvalue weighted by Gasteiger charge is -2.06. The van der Waals surface area contributed by atoms with Crippen molar-refractivity contribution in [1.29, 1.82) is 0 Å². The fourth-order valence-corrected chi connectivity index (χ4v) is 0.972. The van der Waals surface area contributed by atoms with Crippen LogP contribution >= 0.6 is 0 Å². The van der Waals surface area contributed by atoms with Gasteiger partial charge in [-0.25, -0.2) is 0 Å². The number of nitro groups is 1. The fraction of sp³-hybridized carbons (Fsp3) is 0.222. The Kier molecular flexibility index (Phi) is 4.22. The zero-order valence-corrected chi connectivity index (χ0v) is 8.34. The number of carbonyl (C=O) groups is 1. The number of hydrogen-bond acceptors (Lipinski definition) is 5. The van der Waals surface area contributed by atoms with Gasteiger partial charge in [-0.05, 0) is 12.1 Å². The molecule has 0 fully saturated rings. The van der Waals surface area contributed by atoms with Gasteiger partial charge < -0.3 is 5.11 Å². The van der Waals surface area contributed by atoms with E-state index in [9.17, 15) is 14.9 Å². The summed E-state index contributed by atoms with van der Waals surface area (Å²) in [6, 6.07) is 5.58. The Morgan fingerprint density at radius 2 is 2.00 bits per heavy atom. The smallest absolute Gasteiger partial charge is 0.269 e. The molecule has 0 atom stereocenters. The SMILES string of the molecule is O=C(CCO)NNc1ccc([N+](=O)[O-])cc1. The van der Waals surface area contributed by atoms with Crippen molar-refractivity contribution in [2.75, 3.05) is 12.0 Å². The number of hydrazine groups is 1. The molecule has 0 heterocycles. The summed E-state index contributed by atoms with van der Waals surface area (Å²) in [5.74, 6) is -0.360. The minimum atomic E-state index is -0.506. The number of rotatable bonds is 5. The first-order valence-corrected chi connectivity index (χ1v) is 4.53. The largest absolute Gasteiger partial charge is 0.396 e. The molecule has 0 aromatic heterocycles. The van der Waals surface area contributed by atoms with Crippen LogP contribution in [0.4, 0.5) is 11.4 Å². The summed E-state index contributed by atoms with van der Waals surface area (Å²) in [5.41, 5.74) is 5.40. The number of hydrogen-bond donors (Lipinski definition) is 3. The number of anilines is 1. The van der Waals surface area contributed by atoms with E-state index in [0.29, 0.717) is 5.69 Å². The maximum atomic E-state index is 10.9. The molecule has 0 saturated carbocycles. The number of carbonyl (C=O) groups excluding carboxylic acids is 1. The Morgan fingerprint density at radius 1 is 1.38 bits per heavy atom. The van der Waals surface area contributed by atoms with E-state index in [0.717, 1.165) is 0 Å². The van der Waals surface area contributed by atoms with Crippen LogP contribution in [0.25, 0.3) is 0 Å². The molecule has 0 aliphatic heterocycles. The lowest BCUT2D eigenvalue weighted by Crippen LogP contribution is -2.29. The molecule has 16 heavy (non-hydrogen) atoms. The molecular formula is C9H11N3O4. The van der Waals surface area contributed by atoms with Gasteiger partial charge in [0.15, 0.2) is 0 Å². The van der Waals surface area contributed by atoms with E-state index < -0.39 is 4.92 Å². The first kappa shape index (κ1) is 11.9. The summed E-state index contributed by atoms with van der Waals surface area (Å²) in [4.78, 5) is 20.8. The maximum Gasteiger partial charge on any atom is 0.269 e. The third-order valence-corrected chi connectivity index (χ3v) is 1.76. The van der Waals surface area contributed by atoms with Gasteiger partial charge in [0.2, 0.25) is 5.91 Å². The number of nitrogens with one attached hydrogen (secondary N) is 2. The molecule has 0 aliphatic rings. The summed E-state index contributed by atoms with van der Waals surface area (Å²) in [6.07, 6.45) is -0.0000185. The summed E-state index contributed by atoms with van der Waals surface area (Å²) >= 11 is 0. The standard InChI is InChI=1S/C9H11N3O4/c13-6-5-9(14)11-10-7-1-3-8(4-2-7)12(15)16/h1-4,10,13H,5-6H2,(H,11,14). The van der Waals surface area contributed by atoms with Crippen LogP contribution < -0.4 is 10.9 Å². The molecule has 0 radical (unpaired) electrons. The van der Waals surface area contributed by atoms with Crippen LogP contribution in [0.1, 0.15) is 6.42 Å². The second-order valence-electron chi connectivity index (χ2n) is 2.95. The maximum absolute atomic E-state index is 10.9. The molecule has 1 amide bonds. The Morgan fingerprint density at radius 3 is 2.50 bits per heavy atom. The molecule has 1 aromatic rings. The summed E-state index contributed by atoms with van der Waals surface area (Å²) in [6.45, 7) is -0.228. The van der Waals surface area contributed by atoms with Crippen molar-refractivity contribution >= 4 is 17.3 Å². The van der Waals surface area contributed by atoms with Gasteiger partial charge in [0, 0.05) is 12.1 Å². The summed E-state index contributed by atoms with van der Waals surface area (Å²) in [7, 11) is 0. The van der Waals surface area contributed by atoms with Crippen molar-refractivity contribution in [1.82, 2.24) is 5.43 Å². The van der Waals surface area contributed by atoms with E-state index in [1.807, 2.05) is 0 Å². The number of aliphatic hydroxyl groups excluding tert-OH is 1. The monoisotopic (exact) mass is 225 g/mol. The Bertz CT molecular complexity index is 377. The number of amides is 1. The Balaban J connectivity index is 2.49. The van der Waals surface area contributed by atoms with Crippen LogP contribution in [-0.2, 0) is 4.79 Å². The lowest BCUT2D eigenvalue weighted by atomic mass is 10.3. The van der Waals surface area contributed by atoms with Crippen molar-refractivity contribution in [2.24, 2.45) is 0 Å². The van der Waals surface area contributed by atoms with E-state index in [-0.39, 0.29) is 24.6 Å². The van der Waals surface area contributed by atoms with Gasteiger partial charge in [-0.1, -0.05) is 0 Å². The van der Waals surface area contributed by atoms with Gasteiger partial charge in [-0.2, -0.15) is 0 Å². The zero-order valence-electron chi connectivity index (χ0n) is 8.34. The van der Waals surface area contributed by atoms with E-state index in [1.165, 1.54) is 24.3 Å². The number of nitrogens with zero attached hydrogens (tertiary/aromatic N) is 1. The predicted molar refractivity (Wildman–Crippen MR) is 56.6 cm³/mol. The van der Waals surface area contributed by atoms with Gasteiger partial charge in [0.1, 0.15) is 0 Å². The van der Waals surface area contributed by atoms with Crippen LogP contribution in [0.3, 0.4) is 0 Å². The van der Waals surface area contributed by atoms with Gasteiger partial charge in [-0.3, -0.25) is 25.8 Å². The normalized spacial score (nSPS) is 9.56. The fourth-order valence-electron chi connectivity index (χ4n) is 0.972. The lowest BCUT2D eigenvalue weighted by molar-refractivity contribution is -0.384. The van der Waals surface area contributed by atoms with Crippen molar-refractivity contribution in [3.05, 3.63) is 34.4 Å². The first-order valence-electron chi connectivity index (χ1n) is 4.53. The zero-order chi connectivity index (χ0) is 12.0. The van der Waals surface area contributed by atoms with Gasteiger partial charge in [0.25, 0.3) is 5.69 Å². The molecule has 0 bridgehead atoms. The van der Waals surface area contributed by atoms with Crippen LogP contribution in [-0.4, -0.2) is 22.5 Å². The average Bonchev–Trinajstić information content (AvgIpc) is 2.27. The molecule has 1 aromatic carbocycles. The van der Waals surface area contributed by atoms with Crippen molar-refractivity contribution in [2.45, 2.75) is 6.42 Å². The highest BCUT2D eigenvalue weighted by Gasteiger charge is 2.04. The molecular weight excluding hydrogens is 214 g/mol. The second kappa shape index (κ2) is 5.66. The number of non-ortho nitro benzene ring substituents is 1. The highest BCUT2D eigenvalue weighted by molar-refractivity contribution is 5.77. The molecule has 3 N–H and O–H groups in total. The van der Waals surface area contributed by atoms with Gasteiger partial charge in [0.05, 0.1) is 23.6 Å². The van der Waals surface area contributed by atoms with Crippen molar-refractivity contribution < 1.29 is 14.8 Å². The summed E-state index contributed by atoms with van der Waals surface area (Å²) < 4.78 is 0. The first-order chi connectivity index (χ1) is 7.63. The third-order valence-electron chi connectivity index (χ3n) is 1.76. The molecule has 0 spiro atoms. The van der Waals surface area contributed by atoms with E-state index >= 15 is 0 Å². The topological polar surface area (TPSA) is 104 Å². The second-order valence-corrected chi connectivity index (χ2v) is 2.95. The summed E-state index contributed by atoms with van der Waals surface area (Å²) in [5, 5.41) is 18.8. The van der Waals surface area contributed by atoms with Crippen LogP contribution in [0.2, 0.25) is 0 Å². The van der Waals surface area contributed by atoms with E-state index in [4.69, 9.17) is 5.11 Å². The average molecular weight is 225 g/mol. The van der Waals surface area contributed by atoms with Crippen LogP contribution in [0, 0.1) is 10.1 Å². The van der Waals surface area contributed by atoms with Gasteiger partial charge >= 0.3 is 0 Å². The molecule has 0 saturated heterocycles. The molecule has 0 unspecified atom stereocenters. The quantitative estimate of drug-likeness (QED) is 0.497. The number of aliphatic hydroxyl groups is 1. The Hall–Kier alpha value is -2.15. The van der Waals surface area contributed by atoms with Crippen molar-refractivity contribution in [3.8, 4) is 0 Å². The molecule has 0 aliphatic carbocycles. The molecule has 1 rings (SSSR count). The van der Waals surface area contributed by atoms with Crippen LogP contribution in [0.15, 0.2) is 24.3 Å². The highest BCUT2D eigenvalue weighted by atomic mass is 16.6. The molecule has 7 nitrogen and oxygen atoms in total. The van der Waals surface area contributed by atoms with E-state index in [2.05, 4.69) is 10.9 Å². The number of benzene rings is 1. The van der Waals surface area contributed by atoms with Crippen molar-refractivity contribution in [3.63, 3.8) is 0 Å². The predicted octanol–water partition coefficient (Wildman–Crippen LogP) is 0.420.